The fraction of sp³-hybridized carbons (Fsp3) is 1.00. The van der Waals surface area contributed by atoms with Gasteiger partial charge >= 0.3 is 17.1 Å². The summed E-state index contributed by atoms with van der Waals surface area (Å²) in [6.07, 6.45) is 2.50. The highest BCUT2D eigenvalue weighted by atomic mass is 28.4. The lowest BCUT2D eigenvalue weighted by molar-refractivity contribution is 0.231. The molecule has 0 bridgehead atoms. The first-order chi connectivity index (χ1) is 14.7. The summed E-state index contributed by atoms with van der Waals surface area (Å²) in [5, 5.41) is 0. The first-order valence-corrected chi connectivity index (χ1v) is 31.9. The van der Waals surface area contributed by atoms with E-state index in [1.807, 2.05) is 13.1 Å². The summed E-state index contributed by atoms with van der Waals surface area (Å²) in [4.78, 5) is 33.9. The van der Waals surface area contributed by atoms with E-state index in [2.05, 4.69) is 59.7 Å². The fourth-order valence-corrected chi connectivity index (χ4v) is 11.9. The lowest BCUT2D eigenvalue weighted by Crippen LogP contribution is -2.47. The van der Waals surface area contributed by atoms with Gasteiger partial charge in [-0.15, -0.1) is 0 Å². The van der Waals surface area contributed by atoms with Crippen molar-refractivity contribution in [3.05, 3.63) is 0 Å². The maximum absolute atomic E-state index is 9.03. The van der Waals surface area contributed by atoms with Crippen LogP contribution in [0.2, 0.25) is 95.8 Å². The average Bonchev–Trinajstić information content (AvgIpc) is 2.58. The molecule has 0 radical (unpaired) electrons. The third-order valence-corrected chi connectivity index (χ3v) is 19.2. The van der Waals surface area contributed by atoms with E-state index in [-0.39, 0.29) is 8.80 Å². The van der Waals surface area contributed by atoms with Crippen molar-refractivity contribution in [3.63, 3.8) is 0 Å². The first kappa shape index (κ1) is 41.4. The van der Waals surface area contributed by atoms with Crippen LogP contribution in [0.1, 0.15) is 26.7 Å². The molecule has 1 rings (SSSR count). The van der Waals surface area contributed by atoms with Crippen LogP contribution in [-0.2, 0) is 8.54 Å². The van der Waals surface area contributed by atoms with Crippen LogP contribution in [-0.4, -0.2) is 87.6 Å². The lowest BCUT2D eigenvalue weighted by atomic mass is 10.4. The molecule has 1 saturated heterocycles. The van der Waals surface area contributed by atoms with Gasteiger partial charge in [0.2, 0.25) is 0 Å². The summed E-state index contributed by atoms with van der Waals surface area (Å²) >= 11 is 0. The molecule has 33 heavy (non-hydrogen) atoms. The summed E-state index contributed by atoms with van der Waals surface area (Å²) in [5.74, 6) is 0. The van der Waals surface area contributed by atoms with Crippen molar-refractivity contribution in [1.29, 1.82) is 0 Å². The standard InChI is InChI=1S/C8H20O2Si2.C4H12Si.C3H12O2Si2.C3H10Si.C2H8O2Si/c1-11(2)8-6-5-7-9-12(3,4)10-11;1-4-5(2)3;1-7(2,5)3-6-4;1-3-4-2;1-5(2,3)4/h5-8H2,1-4H3;5H,4H2,1-3H3;4-5H,3,6H2,1-2H3;3-4H2,1-2H3;3-4H,1-2H3. The van der Waals surface area contributed by atoms with Crippen molar-refractivity contribution in [2.45, 2.75) is 123 Å². The minimum atomic E-state index is -2.61. The van der Waals surface area contributed by atoms with Crippen LogP contribution < -0.4 is 0 Å². The van der Waals surface area contributed by atoms with E-state index < -0.39 is 43.5 Å². The second-order valence-corrected chi connectivity index (χ2v) is 33.7. The molecule has 6 nitrogen and oxygen atoms in total. The van der Waals surface area contributed by atoms with Crippen LogP contribution in [0.4, 0.5) is 0 Å². The predicted molar refractivity (Wildman–Crippen MR) is 167 cm³/mol. The maximum atomic E-state index is 9.03. The normalized spacial score (nSPS) is 18.0. The molecule has 1 fully saturated rings. The van der Waals surface area contributed by atoms with E-state index in [0.29, 0.717) is 9.52 Å². The second kappa shape index (κ2) is 22.5. The van der Waals surface area contributed by atoms with Crippen molar-refractivity contribution < 1.29 is 27.7 Å². The van der Waals surface area contributed by atoms with Gasteiger partial charge in [0.1, 0.15) is 0 Å². The van der Waals surface area contributed by atoms with Crippen molar-refractivity contribution >= 4 is 61.8 Å². The molecule has 13 heteroatoms. The predicted octanol–water partition coefficient (Wildman–Crippen LogP) is 3.75. The quantitative estimate of drug-likeness (QED) is 0.370. The Labute approximate surface area is 218 Å². The molecule has 0 aromatic rings. The second-order valence-electron chi connectivity index (χ2n) is 11.1. The Bertz CT molecular complexity index is 391. The van der Waals surface area contributed by atoms with Gasteiger partial charge in [0, 0.05) is 24.9 Å². The molecule has 0 amide bonds. The van der Waals surface area contributed by atoms with Crippen molar-refractivity contribution in [2.75, 3.05) is 6.61 Å². The SMILES string of the molecule is CC[SiH2]C.CC[SiH](C)C.C[Si](C)(O)C[SiH2]O.C[Si](C)(O)O.C[Si]1(C)CCCCO[Si](C)(C)O1. The third kappa shape index (κ3) is 55.2. The molecule has 0 unspecified atom stereocenters. The lowest BCUT2D eigenvalue weighted by Gasteiger charge is -2.35. The molecule has 0 aromatic heterocycles. The van der Waals surface area contributed by atoms with Crippen LogP contribution in [0.25, 0.3) is 0 Å². The van der Waals surface area contributed by atoms with Gasteiger partial charge in [0.25, 0.3) is 0 Å². The van der Waals surface area contributed by atoms with Crippen LogP contribution in [0.3, 0.4) is 0 Å². The van der Waals surface area contributed by atoms with E-state index in [1.165, 1.54) is 44.1 Å². The van der Waals surface area contributed by atoms with Crippen molar-refractivity contribution in [1.82, 2.24) is 0 Å². The zero-order valence-electron chi connectivity index (χ0n) is 24.5. The van der Waals surface area contributed by atoms with Gasteiger partial charge in [0.15, 0.2) is 26.4 Å². The molecular weight excluding hydrogens is 533 g/mol. The van der Waals surface area contributed by atoms with Crippen LogP contribution >= 0.6 is 0 Å². The average molecular weight is 595 g/mol. The Morgan fingerprint density at radius 2 is 1.33 bits per heavy atom. The third-order valence-electron chi connectivity index (χ3n) is 4.19. The van der Waals surface area contributed by atoms with Crippen LogP contribution in [0, 0.1) is 0 Å². The molecule has 0 spiro atoms. The van der Waals surface area contributed by atoms with E-state index in [1.54, 1.807) is 0 Å². The topological polar surface area (TPSA) is 99.4 Å². The molecule has 0 aliphatic carbocycles. The van der Waals surface area contributed by atoms with Gasteiger partial charge in [0.05, 0.1) is 0 Å². The molecule has 0 atom stereocenters. The zero-order valence-corrected chi connectivity index (χ0v) is 32.5. The summed E-state index contributed by atoms with van der Waals surface area (Å²) in [7, 11) is -8.18. The number of hydrogen-bond acceptors (Lipinski definition) is 6. The Morgan fingerprint density at radius 3 is 1.58 bits per heavy atom. The molecular formula is C20H62O6Si7. The molecule has 1 aliphatic heterocycles. The van der Waals surface area contributed by atoms with Gasteiger partial charge in [-0.1, -0.05) is 52.0 Å². The van der Waals surface area contributed by atoms with Gasteiger partial charge in [-0.3, -0.25) is 0 Å². The van der Waals surface area contributed by atoms with Gasteiger partial charge in [-0.25, -0.2) is 0 Å². The highest BCUT2D eigenvalue weighted by molar-refractivity contribution is 6.82. The highest BCUT2D eigenvalue weighted by Gasteiger charge is 2.35. The van der Waals surface area contributed by atoms with E-state index in [9.17, 15) is 0 Å². The zero-order chi connectivity index (χ0) is 27.4. The molecule has 0 saturated carbocycles. The number of rotatable bonds is 4. The minimum absolute atomic E-state index is 0.150. The molecule has 1 aliphatic rings. The molecule has 1 heterocycles. The van der Waals surface area contributed by atoms with Gasteiger partial charge in [-0.05, 0) is 70.5 Å². The monoisotopic (exact) mass is 594 g/mol. The Hall–Kier alpha value is 1.28. The summed E-state index contributed by atoms with van der Waals surface area (Å²) in [5.41, 5.74) is 0.729. The highest BCUT2D eigenvalue weighted by Crippen LogP contribution is 2.24. The number of hydrogen-bond donors (Lipinski definition) is 4. The summed E-state index contributed by atoms with van der Waals surface area (Å²) in [6, 6.07) is 4.20. The smallest absolute Gasteiger partial charge is 0.326 e. The van der Waals surface area contributed by atoms with Gasteiger partial charge in [-0.2, -0.15) is 0 Å². The van der Waals surface area contributed by atoms with E-state index in [4.69, 9.17) is 27.7 Å². The van der Waals surface area contributed by atoms with Crippen molar-refractivity contribution in [2.24, 2.45) is 0 Å². The minimum Gasteiger partial charge on any atom is -0.438 e. The fourth-order valence-electron chi connectivity index (χ4n) is 1.99. The molecule has 206 valence electrons. The maximum Gasteiger partial charge on any atom is 0.326 e. The largest absolute Gasteiger partial charge is 0.438 e. The summed E-state index contributed by atoms with van der Waals surface area (Å²) in [6.45, 7) is 27.9. The van der Waals surface area contributed by atoms with E-state index >= 15 is 0 Å². The Balaban J connectivity index is -0.000000173. The first-order valence-electron chi connectivity index (χ1n) is 12.8. The van der Waals surface area contributed by atoms with E-state index in [0.717, 1.165) is 12.3 Å². The van der Waals surface area contributed by atoms with Gasteiger partial charge < -0.3 is 27.7 Å². The summed E-state index contributed by atoms with van der Waals surface area (Å²) < 4.78 is 11.9. The Morgan fingerprint density at radius 1 is 0.939 bits per heavy atom. The van der Waals surface area contributed by atoms with Crippen LogP contribution in [0.15, 0.2) is 0 Å². The van der Waals surface area contributed by atoms with Crippen LogP contribution in [0.5, 0.6) is 0 Å². The molecule has 0 aromatic carbocycles. The molecule has 4 N–H and O–H groups in total. The Kier molecular flexibility index (Phi) is 28.2. The van der Waals surface area contributed by atoms with Crippen molar-refractivity contribution in [3.8, 4) is 0 Å².